The smallest absolute Gasteiger partial charge is 0.238 e. The maximum atomic E-state index is 12.5. The van der Waals surface area contributed by atoms with Crippen LogP contribution >= 0.6 is 11.8 Å². The molecule has 1 aromatic carbocycles. The molecule has 1 aromatic rings. The third-order valence-electron chi connectivity index (χ3n) is 7.14. The number of hydrogen-bond acceptors (Lipinski definition) is 4. The van der Waals surface area contributed by atoms with Crippen molar-refractivity contribution in [2.45, 2.75) is 121 Å². The molecule has 0 radical (unpaired) electrons. The minimum Gasteiger partial charge on any atom is -0.378 e. The summed E-state index contributed by atoms with van der Waals surface area (Å²) in [5.41, 5.74) is 2.44. The Balaban J connectivity index is 1.38. The Labute approximate surface area is 220 Å². The second kappa shape index (κ2) is 19.0. The van der Waals surface area contributed by atoms with E-state index in [1.54, 1.807) is 0 Å². The van der Waals surface area contributed by atoms with Crippen LogP contribution in [0.5, 0.6) is 0 Å². The fourth-order valence-corrected chi connectivity index (χ4v) is 6.01. The fourth-order valence-electron chi connectivity index (χ4n) is 4.77. The molecule has 1 amide bonds. The summed E-state index contributed by atoms with van der Waals surface area (Å²) in [6.07, 6.45) is 22.0. The summed E-state index contributed by atoms with van der Waals surface area (Å²) in [6.45, 7) is 3.10. The van der Waals surface area contributed by atoms with Gasteiger partial charge in [0.1, 0.15) is 0 Å². The van der Waals surface area contributed by atoms with E-state index >= 15 is 0 Å². The summed E-state index contributed by atoms with van der Waals surface area (Å²) < 4.78 is 0. The molecule has 1 aliphatic rings. The first-order valence-electron chi connectivity index (χ1n) is 14.5. The number of carbonyl (C=O) groups is 1. The van der Waals surface area contributed by atoms with Gasteiger partial charge in [-0.15, -0.1) is 11.8 Å². The van der Waals surface area contributed by atoms with Crippen LogP contribution in [-0.2, 0) is 4.79 Å². The predicted octanol–water partition coefficient (Wildman–Crippen LogP) is 7.83. The van der Waals surface area contributed by atoms with Gasteiger partial charge in [0.05, 0.1) is 11.4 Å². The molecule has 0 spiro atoms. The van der Waals surface area contributed by atoms with Crippen molar-refractivity contribution < 1.29 is 4.79 Å². The number of rotatable bonds is 20. The average molecular weight is 504 g/mol. The second-order valence-corrected chi connectivity index (χ2v) is 11.7. The summed E-state index contributed by atoms with van der Waals surface area (Å²) in [7, 11) is 4.11. The highest BCUT2D eigenvalue weighted by Gasteiger charge is 2.30. The number of nitrogens with one attached hydrogen (secondary N) is 2. The summed E-state index contributed by atoms with van der Waals surface area (Å²) in [4.78, 5) is 14.6. The zero-order chi connectivity index (χ0) is 25.1. The summed E-state index contributed by atoms with van der Waals surface area (Å²) in [6, 6.07) is 8.53. The van der Waals surface area contributed by atoms with Gasteiger partial charge in [-0.05, 0) is 24.1 Å². The SMILES string of the molecule is CCCCCCCCCCCCCCCCCCNC(=O)[C@H]1CSC(c2ccc(N(C)C)cc2)N1. The van der Waals surface area contributed by atoms with Crippen LogP contribution in [0.15, 0.2) is 24.3 Å². The molecule has 1 fully saturated rings. The van der Waals surface area contributed by atoms with E-state index in [1.807, 2.05) is 11.8 Å². The lowest BCUT2D eigenvalue weighted by Crippen LogP contribution is -2.42. The van der Waals surface area contributed by atoms with E-state index in [4.69, 9.17) is 0 Å². The molecular weight excluding hydrogens is 450 g/mol. The van der Waals surface area contributed by atoms with Gasteiger partial charge in [0.15, 0.2) is 0 Å². The molecule has 5 heteroatoms. The highest BCUT2D eigenvalue weighted by Crippen LogP contribution is 2.33. The molecule has 4 nitrogen and oxygen atoms in total. The fraction of sp³-hybridized carbons (Fsp3) is 0.767. The molecule has 1 heterocycles. The van der Waals surface area contributed by atoms with Crippen molar-refractivity contribution in [1.29, 1.82) is 0 Å². The summed E-state index contributed by atoms with van der Waals surface area (Å²) in [5, 5.41) is 6.85. The third-order valence-corrected chi connectivity index (χ3v) is 8.41. The third kappa shape index (κ3) is 13.1. The van der Waals surface area contributed by atoms with Gasteiger partial charge in [-0.3, -0.25) is 10.1 Å². The predicted molar refractivity (Wildman–Crippen MR) is 155 cm³/mol. The Hall–Kier alpha value is -1.20. The van der Waals surface area contributed by atoms with Crippen molar-refractivity contribution >= 4 is 23.4 Å². The normalized spacial score (nSPS) is 17.6. The molecule has 0 aliphatic carbocycles. The van der Waals surface area contributed by atoms with Gasteiger partial charge >= 0.3 is 0 Å². The lowest BCUT2D eigenvalue weighted by Gasteiger charge is -2.16. The lowest BCUT2D eigenvalue weighted by molar-refractivity contribution is -0.122. The number of hydrogen-bond donors (Lipinski definition) is 2. The second-order valence-electron chi connectivity index (χ2n) is 10.5. The number of anilines is 1. The highest BCUT2D eigenvalue weighted by atomic mass is 32.2. The van der Waals surface area contributed by atoms with E-state index in [0.29, 0.717) is 0 Å². The number of unbranched alkanes of at least 4 members (excludes halogenated alkanes) is 15. The minimum atomic E-state index is -0.0837. The highest BCUT2D eigenvalue weighted by molar-refractivity contribution is 7.99. The van der Waals surface area contributed by atoms with Crippen LogP contribution in [0.3, 0.4) is 0 Å². The van der Waals surface area contributed by atoms with Crippen molar-refractivity contribution in [1.82, 2.24) is 10.6 Å². The Morgan fingerprint density at radius 3 is 1.80 bits per heavy atom. The van der Waals surface area contributed by atoms with Crippen LogP contribution in [0.4, 0.5) is 5.69 Å². The Kier molecular flexibility index (Phi) is 16.3. The zero-order valence-corrected chi connectivity index (χ0v) is 23.8. The van der Waals surface area contributed by atoms with Gasteiger partial charge in [0.2, 0.25) is 5.91 Å². The molecule has 0 aromatic heterocycles. The summed E-state index contributed by atoms with van der Waals surface area (Å²) >= 11 is 1.83. The van der Waals surface area contributed by atoms with Gasteiger partial charge in [-0.2, -0.15) is 0 Å². The Morgan fingerprint density at radius 2 is 1.31 bits per heavy atom. The molecule has 1 unspecified atom stereocenters. The maximum Gasteiger partial charge on any atom is 0.238 e. The van der Waals surface area contributed by atoms with Crippen LogP contribution in [-0.4, -0.2) is 38.3 Å². The molecule has 1 aliphatic heterocycles. The molecule has 2 N–H and O–H groups in total. The van der Waals surface area contributed by atoms with E-state index in [2.05, 4.69) is 60.8 Å². The quantitative estimate of drug-likeness (QED) is 0.178. The minimum absolute atomic E-state index is 0.0837. The number of nitrogens with zero attached hydrogens (tertiary/aromatic N) is 1. The van der Waals surface area contributed by atoms with Crippen LogP contribution in [0.2, 0.25) is 0 Å². The monoisotopic (exact) mass is 503 g/mol. The van der Waals surface area contributed by atoms with Crippen LogP contribution in [0, 0.1) is 0 Å². The number of thioether (sulfide) groups is 1. The van der Waals surface area contributed by atoms with E-state index in [0.717, 1.165) is 18.7 Å². The van der Waals surface area contributed by atoms with Gasteiger partial charge in [0.25, 0.3) is 0 Å². The molecule has 0 saturated carbocycles. The summed E-state index contributed by atoms with van der Waals surface area (Å²) in [5.74, 6) is 0.996. The average Bonchev–Trinajstić information content (AvgIpc) is 3.36. The van der Waals surface area contributed by atoms with Crippen LogP contribution in [0.1, 0.15) is 121 Å². The molecule has 200 valence electrons. The Bertz CT molecular complexity index is 664. The zero-order valence-electron chi connectivity index (χ0n) is 23.0. The number of carbonyl (C=O) groups excluding carboxylic acids is 1. The van der Waals surface area contributed by atoms with Crippen molar-refractivity contribution in [3.8, 4) is 0 Å². The topological polar surface area (TPSA) is 44.4 Å². The van der Waals surface area contributed by atoms with Crippen molar-refractivity contribution in [3.63, 3.8) is 0 Å². The van der Waals surface area contributed by atoms with E-state index in [-0.39, 0.29) is 17.3 Å². The molecule has 1 saturated heterocycles. The van der Waals surface area contributed by atoms with E-state index in [9.17, 15) is 4.79 Å². The van der Waals surface area contributed by atoms with Crippen molar-refractivity contribution in [2.24, 2.45) is 0 Å². The molecule has 35 heavy (non-hydrogen) atoms. The molecule has 2 rings (SSSR count). The standard InChI is InChI=1S/C30H53N3OS/c1-4-5-6-7-8-9-10-11-12-13-14-15-16-17-18-19-24-31-29(34)28-25-35-30(32-28)26-20-22-27(23-21-26)33(2)3/h20-23,28,30,32H,4-19,24-25H2,1-3H3,(H,31,34)/t28-,30?/m1/s1. The van der Waals surface area contributed by atoms with Gasteiger partial charge in [0, 0.05) is 32.1 Å². The first kappa shape index (κ1) is 30.0. The van der Waals surface area contributed by atoms with Crippen molar-refractivity contribution in [3.05, 3.63) is 29.8 Å². The lowest BCUT2D eigenvalue weighted by atomic mass is 10.0. The largest absolute Gasteiger partial charge is 0.378 e. The van der Waals surface area contributed by atoms with E-state index < -0.39 is 0 Å². The molecule has 0 bridgehead atoms. The molecular formula is C30H53N3OS. The van der Waals surface area contributed by atoms with Gasteiger partial charge in [-0.1, -0.05) is 115 Å². The van der Waals surface area contributed by atoms with Crippen molar-refractivity contribution in [2.75, 3.05) is 31.3 Å². The first-order valence-corrected chi connectivity index (χ1v) is 15.6. The van der Waals surface area contributed by atoms with E-state index in [1.165, 1.54) is 108 Å². The van der Waals surface area contributed by atoms with Gasteiger partial charge in [-0.25, -0.2) is 0 Å². The van der Waals surface area contributed by atoms with Crippen LogP contribution < -0.4 is 15.5 Å². The number of benzene rings is 1. The van der Waals surface area contributed by atoms with Crippen LogP contribution in [0.25, 0.3) is 0 Å². The number of amides is 1. The molecule has 2 atom stereocenters. The van der Waals surface area contributed by atoms with Gasteiger partial charge < -0.3 is 10.2 Å². The maximum absolute atomic E-state index is 12.5. The first-order chi connectivity index (χ1) is 17.1. The Morgan fingerprint density at radius 1 is 0.829 bits per heavy atom.